The van der Waals surface area contributed by atoms with Crippen molar-refractivity contribution in [3.05, 3.63) is 30.0 Å². The van der Waals surface area contributed by atoms with E-state index in [9.17, 15) is 18.0 Å². The van der Waals surface area contributed by atoms with Gasteiger partial charge in [-0.25, -0.2) is 4.98 Å². The van der Waals surface area contributed by atoms with Crippen molar-refractivity contribution in [2.24, 2.45) is 0 Å². The van der Waals surface area contributed by atoms with Crippen LogP contribution in [0.2, 0.25) is 0 Å². The molecule has 4 rings (SSSR count). The first-order chi connectivity index (χ1) is 19.0. The standard InChI is InChI=1S/C27H39F3N8O2/c1-36(2)17-24(39)32-20-7-5-6-8-21(20)33-25-19(27(28,29)30)16-31-26(35-25)34-22-10-9-18(15-23(22)40-4)38-13-11-37(3)12-14-38/h9-10,15-16,20-21H,5-8,11-14,17H2,1-4H3,(H,32,39)(H2,31,33,34,35). The number of hydrogen-bond acceptors (Lipinski definition) is 9. The van der Waals surface area contributed by atoms with Crippen LogP contribution in [0.1, 0.15) is 31.2 Å². The van der Waals surface area contributed by atoms with E-state index in [0.717, 1.165) is 50.9 Å². The van der Waals surface area contributed by atoms with Gasteiger partial charge in [-0.05, 0) is 46.1 Å². The number of methoxy groups -OCH3 is 1. The van der Waals surface area contributed by atoms with Crippen molar-refractivity contribution in [3.8, 4) is 5.75 Å². The molecule has 2 aliphatic rings. The van der Waals surface area contributed by atoms with Crippen molar-refractivity contribution in [2.45, 2.75) is 43.9 Å². The summed E-state index contributed by atoms with van der Waals surface area (Å²) in [7, 11) is 7.21. The molecule has 2 heterocycles. The van der Waals surface area contributed by atoms with Crippen molar-refractivity contribution in [2.75, 3.05) is 76.5 Å². The molecule has 1 amide bonds. The summed E-state index contributed by atoms with van der Waals surface area (Å²) in [6, 6.07) is 4.96. The Morgan fingerprint density at radius 1 is 1.12 bits per heavy atom. The minimum Gasteiger partial charge on any atom is -0.494 e. The third-order valence-corrected chi connectivity index (χ3v) is 7.29. The van der Waals surface area contributed by atoms with Gasteiger partial charge in [0.2, 0.25) is 11.9 Å². The van der Waals surface area contributed by atoms with Crippen molar-refractivity contribution in [3.63, 3.8) is 0 Å². The molecule has 2 fully saturated rings. The summed E-state index contributed by atoms with van der Waals surface area (Å²) < 4.78 is 47.4. The zero-order chi connectivity index (χ0) is 28.9. The molecule has 1 saturated heterocycles. The van der Waals surface area contributed by atoms with Crippen LogP contribution in [0.15, 0.2) is 24.4 Å². The van der Waals surface area contributed by atoms with Gasteiger partial charge in [-0.15, -0.1) is 0 Å². The van der Waals surface area contributed by atoms with E-state index in [1.54, 1.807) is 26.1 Å². The lowest BCUT2D eigenvalue weighted by Crippen LogP contribution is -2.50. The second kappa shape index (κ2) is 12.9. The zero-order valence-electron chi connectivity index (χ0n) is 23.5. The number of alkyl halides is 3. The van der Waals surface area contributed by atoms with Crippen LogP contribution in [0, 0.1) is 0 Å². The van der Waals surface area contributed by atoms with E-state index in [2.05, 4.69) is 42.8 Å². The van der Waals surface area contributed by atoms with Gasteiger partial charge in [0, 0.05) is 56.2 Å². The molecule has 0 radical (unpaired) electrons. The van der Waals surface area contributed by atoms with Gasteiger partial charge in [0.1, 0.15) is 17.1 Å². The van der Waals surface area contributed by atoms with Gasteiger partial charge < -0.3 is 35.4 Å². The van der Waals surface area contributed by atoms with Crippen molar-refractivity contribution >= 4 is 29.0 Å². The molecule has 10 nitrogen and oxygen atoms in total. The van der Waals surface area contributed by atoms with E-state index in [4.69, 9.17) is 4.74 Å². The summed E-state index contributed by atoms with van der Waals surface area (Å²) >= 11 is 0. The summed E-state index contributed by atoms with van der Waals surface area (Å²) in [6.45, 7) is 3.90. The number of halogens is 3. The first kappa shape index (κ1) is 29.7. The maximum absolute atomic E-state index is 13.9. The number of piperazine rings is 1. The van der Waals surface area contributed by atoms with Crippen LogP contribution in [0.3, 0.4) is 0 Å². The van der Waals surface area contributed by atoms with E-state index in [1.165, 1.54) is 0 Å². The largest absolute Gasteiger partial charge is 0.494 e. The molecule has 13 heteroatoms. The third-order valence-electron chi connectivity index (χ3n) is 7.29. The topological polar surface area (TPSA) is 97.9 Å². The van der Waals surface area contributed by atoms with E-state index < -0.39 is 17.8 Å². The number of hydrogen-bond donors (Lipinski definition) is 3. The maximum Gasteiger partial charge on any atom is 0.421 e. The Balaban J connectivity index is 1.55. The van der Waals surface area contributed by atoms with Crippen LogP contribution < -0.4 is 25.6 Å². The number of rotatable bonds is 9. The smallest absolute Gasteiger partial charge is 0.421 e. The Labute approximate surface area is 233 Å². The van der Waals surface area contributed by atoms with Crippen LogP contribution in [0.5, 0.6) is 5.75 Å². The van der Waals surface area contributed by atoms with E-state index in [1.807, 2.05) is 18.2 Å². The highest BCUT2D eigenvalue weighted by atomic mass is 19.4. The lowest BCUT2D eigenvalue weighted by atomic mass is 9.90. The molecule has 1 aliphatic carbocycles. The lowest BCUT2D eigenvalue weighted by Gasteiger charge is -2.34. The van der Waals surface area contributed by atoms with Gasteiger partial charge in [-0.3, -0.25) is 4.79 Å². The second-order valence-corrected chi connectivity index (χ2v) is 10.7. The monoisotopic (exact) mass is 564 g/mol. The van der Waals surface area contributed by atoms with Crippen LogP contribution in [-0.4, -0.2) is 98.7 Å². The van der Waals surface area contributed by atoms with E-state index in [-0.39, 0.29) is 30.3 Å². The number of benzene rings is 1. The Kier molecular flexibility index (Phi) is 9.56. The summed E-state index contributed by atoms with van der Waals surface area (Å²) in [6.07, 6.45) is -0.861. The van der Waals surface area contributed by atoms with Crippen LogP contribution in [0.25, 0.3) is 0 Å². The fourth-order valence-electron chi connectivity index (χ4n) is 5.12. The SMILES string of the molecule is COc1cc(N2CCN(C)CC2)ccc1Nc1ncc(C(F)(F)F)c(NC2CCCCC2NC(=O)CN(C)C)n1. The van der Waals surface area contributed by atoms with Crippen molar-refractivity contribution < 1.29 is 22.7 Å². The van der Waals surface area contributed by atoms with Crippen LogP contribution in [-0.2, 0) is 11.0 Å². The number of nitrogens with zero attached hydrogens (tertiary/aromatic N) is 5. The molecular formula is C27H39F3N8O2. The zero-order valence-corrected chi connectivity index (χ0v) is 23.5. The average molecular weight is 565 g/mol. The fraction of sp³-hybridized carbons (Fsp3) is 0.593. The molecule has 1 aliphatic heterocycles. The number of anilines is 4. The summed E-state index contributed by atoms with van der Waals surface area (Å²) in [4.78, 5) is 26.9. The van der Waals surface area contributed by atoms with Crippen LogP contribution >= 0.6 is 0 Å². The summed E-state index contributed by atoms with van der Waals surface area (Å²) in [5.41, 5.74) is 0.586. The molecule has 220 valence electrons. The number of ether oxygens (including phenoxy) is 1. The quantitative estimate of drug-likeness (QED) is 0.423. The average Bonchev–Trinajstić information content (AvgIpc) is 2.89. The predicted molar refractivity (Wildman–Crippen MR) is 149 cm³/mol. The highest BCUT2D eigenvalue weighted by molar-refractivity contribution is 5.78. The maximum atomic E-state index is 13.9. The van der Waals surface area contributed by atoms with Gasteiger partial charge in [-0.1, -0.05) is 12.8 Å². The molecule has 1 saturated carbocycles. The first-order valence-corrected chi connectivity index (χ1v) is 13.6. The molecule has 2 atom stereocenters. The molecule has 2 unspecified atom stereocenters. The second-order valence-electron chi connectivity index (χ2n) is 10.7. The number of carbonyl (C=O) groups is 1. The number of aromatic nitrogens is 2. The molecule has 1 aromatic carbocycles. The number of carbonyl (C=O) groups excluding carboxylic acids is 1. The molecule has 1 aromatic heterocycles. The Hall–Kier alpha value is -3.32. The molecule has 3 N–H and O–H groups in total. The highest BCUT2D eigenvalue weighted by Gasteiger charge is 2.37. The lowest BCUT2D eigenvalue weighted by molar-refractivity contribution is -0.137. The molecule has 0 bridgehead atoms. The summed E-state index contributed by atoms with van der Waals surface area (Å²) in [5, 5.41) is 9.00. The Bertz CT molecular complexity index is 1160. The van der Waals surface area contributed by atoms with Gasteiger partial charge in [-0.2, -0.15) is 18.2 Å². The number of likely N-dealkylation sites (N-methyl/N-ethyl adjacent to an activating group) is 2. The third kappa shape index (κ3) is 7.66. The fourth-order valence-corrected chi connectivity index (χ4v) is 5.12. The molecular weight excluding hydrogens is 525 g/mol. The van der Waals surface area contributed by atoms with Crippen LogP contribution in [0.4, 0.5) is 36.3 Å². The minimum absolute atomic E-state index is 0.00477. The van der Waals surface area contributed by atoms with Crippen molar-refractivity contribution in [1.82, 2.24) is 25.1 Å². The first-order valence-electron chi connectivity index (χ1n) is 13.6. The van der Waals surface area contributed by atoms with Gasteiger partial charge in [0.25, 0.3) is 0 Å². The molecule has 2 aromatic rings. The Morgan fingerprint density at radius 2 is 1.82 bits per heavy atom. The van der Waals surface area contributed by atoms with E-state index >= 15 is 0 Å². The highest BCUT2D eigenvalue weighted by Crippen LogP contribution is 2.37. The number of amides is 1. The normalized spacial score (nSPS) is 20.4. The number of nitrogens with one attached hydrogen (secondary N) is 3. The van der Waals surface area contributed by atoms with Crippen molar-refractivity contribution in [1.29, 1.82) is 0 Å². The van der Waals surface area contributed by atoms with Gasteiger partial charge in [0.05, 0.1) is 19.3 Å². The van der Waals surface area contributed by atoms with Gasteiger partial charge in [0.15, 0.2) is 0 Å². The summed E-state index contributed by atoms with van der Waals surface area (Å²) in [5.74, 6) is 0.0456. The minimum atomic E-state index is -4.65. The van der Waals surface area contributed by atoms with Gasteiger partial charge >= 0.3 is 6.18 Å². The molecule has 40 heavy (non-hydrogen) atoms. The van der Waals surface area contributed by atoms with E-state index in [0.29, 0.717) is 24.3 Å². The molecule has 0 spiro atoms. The predicted octanol–water partition coefficient (Wildman–Crippen LogP) is 3.40. The Morgan fingerprint density at radius 3 is 2.48 bits per heavy atom.